The predicted molar refractivity (Wildman–Crippen MR) is 120 cm³/mol. The van der Waals surface area contributed by atoms with Crippen molar-refractivity contribution in [3.05, 3.63) is 95.0 Å². The third-order valence-corrected chi connectivity index (χ3v) is 5.16. The number of amides is 1. The van der Waals surface area contributed by atoms with E-state index in [-0.39, 0.29) is 18.6 Å². The molecule has 0 saturated heterocycles. The van der Waals surface area contributed by atoms with Crippen molar-refractivity contribution in [2.24, 2.45) is 0 Å². The van der Waals surface area contributed by atoms with E-state index < -0.39 is 0 Å². The molecule has 0 aliphatic heterocycles. The molecule has 0 radical (unpaired) electrons. The molecule has 2 aromatic carbocycles. The van der Waals surface area contributed by atoms with Gasteiger partial charge >= 0.3 is 0 Å². The van der Waals surface area contributed by atoms with Crippen molar-refractivity contribution in [1.29, 1.82) is 0 Å². The molecule has 0 fully saturated rings. The number of anilines is 1. The summed E-state index contributed by atoms with van der Waals surface area (Å²) in [6, 6.07) is 13.1. The number of aryl methyl sites for hydroxylation is 1. The van der Waals surface area contributed by atoms with Crippen molar-refractivity contribution in [3.63, 3.8) is 0 Å². The Morgan fingerprint density at radius 2 is 2.10 bits per heavy atom. The summed E-state index contributed by atoms with van der Waals surface area (Å²) < 4.78 is 9.71. The summed E-state index contributed by atoms with van der Waals surface area (Å²) in [5.74, 6) is -0.0905. The highest BCUT2D eigenvalue weighted by Gasteiger charge is 2.20. The van der Waals surface area contributed by atoms with E-state index in [2.05, 4.69) is 11.9 Å². The number of benzene rings is 2. The van der Waals surface area contributed by atoms with Gasteiger partial charge in [0.05, 0.1) is 6.61 Å². The second kappa shape index (κ2) is 10.4. The second-order valence-electron chi connectivity index (χ2n) is 6.92. The Kier molecular flexibility index (Phi) is 7.69. The Labute approximate surface area is 186 Å². The minimum absolute atomic E-state index is 0.0905. The number of carbonyl (C=O) groups is 1. The standard InChI is InChI=1S/C23H23Cl2N3O2/c1-3-12-30-22(19-9-8-18(24)13-20(19)25)14-27-10-11-28(16-27)15-23(29)26-21-7-5-4-6-17(21)2/h3-11,13,16,22H,1,12,14-15H2,2H3/p+1. The fraction of sp³-hybridized carbons (Fsp3) is 0.217. The maximum absolute atomic E-state index is 12.4. The summed E-state index contributed by atoms with van der Waals surface area (Å²) in [4.78, 5) is 12.4. The van der Waals surface area contributed by atoms with Gasteiger partial charge in [-0.25, -0.2) is 9.13 Å². The first-order valence-electron chi connectivity index (χ1n) is 9.54. The zero-order valence-corrected chi connectivity index (χ0v) is 18.2. The zero-order chi connectivity index (χ0) is 21.5. The first kappa shape index (κ1) is 22.1. The summed E-state index contributed by atoms with van der Waals surface area (Å²) in [5.41, 5.74) is 2.69. The van der Waals surface area contributed by atoms with E-state index in [9.17, 15) is 4.79 Å². The number of ether oxygens (including phenoxy) is 1. The molecule has 1 unspecified atom stereocenters. The third-order valence-electron chi connectivity index (χ3n) is 4.59. The van der Waals surface area contributed by atoms with Gasteiger partial charge in [-0.2, -0.15) is 0 Å². The molecule has 0 aliphatic rings. The van der Waals surface area contributed by atoms with Crippen molar-refractivity contribution in [2.45, 2.75) is 26.1 Å². The van der Waals surface area contributed by atoms with Gasteiger partial charge in [-0.05, 0) is 30.7 Å². The molecule has 0 spiro atoms. The molecule has 156 valence electrons. The Bertz CT molecular complexity index is 1030. The highest BCUT2D eigenvalue weighted by molar-refractivity contribution is 6.35. The summed E-state index contributed by atoms with van der Waals surface area (Å²) in [7, 11) is 0. The molecule has 3 aromatic rings. The van der Waals surface area contributed by atoms with Gasteiger partial charge in [-0.1, -0.05) is 53.5 Å². The van der Waals surface area contributed by atoms with Gasteiger partial charge in [0, 0.05) is 21.3 Å². The third kappa shape index (κ3) is 5.95. The van der Waals surface area contributed by atoms with Gasteiger partial charge in [0.15, 0.2) is 6.54 Å². The first-order valence-corrected chi connectivity index (χ1v) is 10.3. The molecule has 1 amide bonds. The Hall–Kier alpha value is -2.60. The number of nitrogens with zero attached hydrogens (tertiary/aromatic N) is 2. The number of carbonyl (C=O) groups excluding carboxylic acids is 1. The van der Waals surface area contributed by atoms with E-state index in [4.69, 9.17) is 27.9 Å². The Balaban J connectivity index is 1.68. The van der Waals surface area contributed by atoms with E-state index in [0.29, 0.717) is 23.2 Å². The summed E-state index contributed by atoms with van der Waals surface area (Å²) in [5, 5.41) is 4.06. The largest absolute Gasteiger partial charge is 0.365 e. The van der Waals surface area contributed by atoms with Crippen LogP contribution >= 0.6 is 23.2 Å². The molecule has 0 aliphatic carbocycles. The van der Waals surface area contributed by atoms with Gasteiger partial charge in [0.2, 0.25) is 6.33 Å². The van der Waals surface area contributed by atoms with Crippen LogP contribution in [0.15, 0.2) is 73.8 Å². The van der Waals surface area contributed by atoms with E-state index in [0.717, 1.165) is 16.8 Å². The van der Waals surface area contributed by atoms with Gasteiger partial charge in [-0.15, -0.1) is 6.58 Å². The van der Waals surface area contributed by atoms with Gasteiger partial charge in [0.1, 0.15) is 25.0 Å². The quantitative estimate of drug-likeness (QED) is 0.373. The number of rotatable bonds is 9. The molecule has 0 bridgehead atoms. The van der Waals surface area contributed by atoms with Crippen molar-refractivity contribution in [3.8, 4) is 0 Å². The van der Waals surface area contributed by atoms with Crippen molar-refractivity contribution in [2.75, 3.05) is 11.9 Å². The molecular formula is C23H24Cl2N3O2+. The maximum atomic E-state index is 12.4. The normalized spacial score (nSPS) is 11.8. The smallest absolute Gasteiger partial charge is 0.266 e. The van der Waals surface area contributed by atoms with Crippen molar-refractivity contribution < 1.29 is 14.1 Å². The first-order chi connectivity index (χ1) is 14.5. The topological polar surface area (TPSA) is 47.1 Å². The molecule has 3 rings (SSSR count). The lowest BCUT2D eigenvalue weighted by Gasteiger charge is -2.17. The average molecular weight is 445 g/mol. The second-order valence-corrected chi connectivity index (χ2v) is 7.77. The highest BCUT2D eigenvalue weighted by atomic mass is 35.5. The molecule has 1 heterocycles. The van der Waals surface area contributed by atoms with E-state index >= 15 is 0 Å². The molecule has 1 aromatic heterocycles. The lowest BCUT2D eigenvalue weighted by molar-refractivity contribution is -0.683. The van der Waals surface area contributed by atoms with Crippen LogP contribution in [0.25, 0.3) is 0 Å². The van der Waals surface area contributed by atoms with E-state index in [1.54, 1.807) is 18.2 Å². The number of hydrogen-bond acceptors (Lipinski definition) is 2. The number of hydrogen-bond donors (Lipinski definition) is 1. The van der Waals surface area contributed by atoms with E-state index in [1.165, 1.54) is 0 Å². The Morgan fingerprint density at radius 3 is 2.83 bits per heavy atom. The Morgan fingerprint density at radius 1 is 1.30 bits per heavy atom. The lowest BCUT2D eigenvalue weighted by atomic mass is 10.1. The number of para-hydroxylation sites is 1. The van der Waals surface area contributed by atoms with Crippen LogP contribution in [-0.2, 0) is 22.6 Å². The van der Waals surface area contributed by atoms with Gasteiger partial charge in [-0.3, -0.25) is 4.79 Å². The lowest BCUT2D eigenvalue weighted by Crippen LogP contribution is -2.38. The minimum Gasteiger partial charge on any atom is -0.365 e. The molecule has 0 saturated carbocycles. The maximum Gasteiger partial charge on any atom is 0.266 e. The van der Waals surface area contributed by atoms with Crippen LogP contribution in [0.3, 0.4) is 0 Å². The highest BCUT2D eigenvalue weighted by Crippen LogP contribution is 2.29. The number of nitrogens with one attached hydrogen (secondary N) is 1. The van der Waals surface area contributed by atoms with Gasteiger partial charge in [0.25, 0.3) is 5.91 Å². The fourth-order valence-electron chi connectivity index (χ4n) is 3.09. The van der Waals surface area contributed by atoms with Crippen LogP contribution in [0.5, 0.6) is 0 Å². The number of aromatic nitrogens is 2. The van der Waals surface area contributed by atoms with Crippen LogP contribution in [0.2, 0.25) is 10.0 Å². The fourth-order valence-corrected chi connectivity index (χ4v) is 3.62. The average Bonchev–Trinajstić information content (AvgIpc) is 3.14. The molecule has 30 heavy (non-hydrogen) atoms. The molecule has 7 heteroatoms. The predicted octanol–water partition coefficient (Wildman–Crippen LogP) is 4.97. The van der Waals surface area contributed by atoms with Crippen LogP contribution < -0.4 is 9.88 Å². The number of imidazole rings is 1. The molecule has 5 nitrogen and oxygen atoms in total. The number of halogens is 2. The monoisotopic (exact) mass is 444 g/mol. The van der Waals surface area contributed by atoms with Crippen LogP contribution in [0.1, 0.15) is 17.2 Å². The van der Waals surface area contributed by atoms with Crippen molar-refractivity contribution >= 4 is 34.8 Å². The molecule has 1 atom stereocenters. The van der Waals surface area contributed by atoms with E-state index in [1.807, 2.05) is 65.1 Å². The SMILES string of the molecule is C=CCOC(Cn1cc[n+](CC(=O)Nc2ccccc2C)c1)c1ccc(Cl)cc1Cl. The van der Waals surface area contributed by atoms with Crippen molar-refractivity contribution in [1.82, 2.24) is 4.57 Å². The molecular weight excluding hydrogens is 421 g/mol. The van der Waals surface area contributed by atoms with Crippen LogP contribution in [0, 0.1) is 6.92 Å². The minimum atomic E-state index is -0.283. The summed E-state index contributed by atoms with van der Waals surface area (Å²) >= 11 is 12.4. The van der Waals surface area contributed by atoms with Crippen LogP contribution in [-0.4, -0.2) is 17.1 Å². The van der Waals surface area contributed by atoms with Crippen LogP contribution in [0.4, 0.5) is 5.69 Å². The zero-order valence-electron chi connectivity index (χ0n) is 16.7. The summed E-state index contributed by atoms with van der Waals surface area (Å²) in [6.45, 7) is 6.81. The summed E-state index contributed by atoms with van der Waals surface area (Å²) in [6.07, 6.45) is 7.03. The molecule has 1 N–H and O–H groups in total. The van der Waals surface area contributed by atoms with Gasteiger partial charge < -0.3 is 10.1 Å².